The third-order valence-corrected chi connectivity index (χ3v) is 3.35. The number of nitrogens with one attached hydrogen (secondary N) is 1. The van der Waals surface area contributed by atoms with E-state index in [4.69, 9.17) is 9.47 Å². The summed E-state index contributed by atoms with van der Waals surface area (Å²) in [6.45, 7) is 6.56. The normalized spacial score (nSPS) is 10.8. The highest BCUT2D eigenvalue weighted by atomic mass is 16.6. The minimum atomic E-state index is -1.88. The summed E-state index contributed by atoms with van der Waals surface area (Å²) in [5.41, 5.74) is -0.234. The van der Waals surface area contributed by atoms with Crippen molar-refractivity contribution in [1.82, 2.24) is 5.32 Å². The van der Waals surface area contributed by atoms with E-state index in [-0.39, 0.29) is 19.6 Å². The van der Waals surface area contributed by atoms with Gasteiger partial charge in [0.2, 0.25) is 11.4 Å². The molecule has 1 aromatic carbocycles. The van der Waals surface area contributed by atoms with E-state index in [1.54, 1.807) is 26.0 Å². The average molecular weight is 321 g/mol. The van der Waals surface area contributed by atoms with Gasteiger partial charge in [0.15, 0.2) is 0 Å². The fraction of sp³-hybridized carbons (Fsp3) is 0.471. The highest BCUT2D eigenvalue weighted by molar-refractivity contribution is 6.08. The van der Waals surface area contributed by atoms with Crippen LogP contribution < -0.4 is 5.32 Å². The number of rotatable bonds is 7. The fourth-order valence-electron chi connectivity index (χ4n) is 2.28. The number of amides is 1. The van der Waals surface area contributed by atoms with Crippen LogP contribution in [-0.4, -0.2) is 36.6 Å². The first kappa shape index (κ1) is 18.7. The fourth-order valence-corrected chi connectivity index (χ4v) is 2.28. The first-order chi connectivity index (χ1) is 10.9. The molecule has 6 nitrogen and oxygen atoms in total. The third-order valence-electron chi connectivity index (χ3n) is 3.35. The maximum absolute atomic E-state index is 12.5. The minimum Gasteiger partial charge on any atom is -0.464 e. The van der Waals surface area contributed by atoms with E-state index in [9.17, 15) is 14.4 Å². The van der Waals surface area contributed by atoms with E-state index in [1.807, 2.05) is 19.1 Å². The van der Waals surface area contributed by atoms with Crippen LogP contribution in [0.5, 0.6) is 0 Å². The van der Waals surface area contributed by atoms with E-state index in [1.165, 1.54) is 6.92 Å². The molecule has 126 valence electrons. The van der Waals surface area contributed by atoms with E-state index >= 15 is 0 Å². The van der Waals surface area contributed by atoms with Gasteiger partial charge in [-0.1, -0.05) is 24.3 Å². The highest BCUT2D eigenvalue weighted by Gasteiger charge is 2.50. The molecule has 23 heavy (non-hydrogen) atoms. The number of benzene rings is 1. The Balaban J connectivity index is 3.35. The minimum absolute atomic E-state index is 0.0308. The van der Waals surface area contributed by atoms with Gasteiger partial charge in [-0.05, 0) is 31.9 Å². The number of carbonyl (C=O) groups excluding carboxylic acids is 3. The number of hydrogen-bond donors (Lipinski definition) is 1. The number of ether oxygens (including phenoxy) is 2. The predicted octanol–water partition coefficient (Wildman–Crippen LogP) is 1.54. The van der Waals surface area contributed by atoms with E-state index in [2.05, 4.69) is 5.32 Å². The summed E-state index contributed by atoms with van der Waals surface area (Å²) in [7, 11) is 0. The molecule has 0 saturated heterocycles. The molecule has 0 atom stereocenters. The van der Waals surface area contributed by atoms with Gasteiger partial charge >= 0.3 is 11.9 Å². The predicted molar refractivity (Wildman–Crippen MR) is 84.7 cm³/mol. The van der Waals surface area contributed by atoms with Crippen molar-refractivity contribution in [3.8, 4) is 0 Å². The van der Waals surface area contributed by atoms with E-state index < -0.39 is 23.4 Å². The first-order valence-corrected chi connectivity index (χ1v) is 7.55. The Labute approximate surface area is 136 Å². The van der Waals surface area contributed by atoms with Crippen LogP contribution in [-0.2, 0) is 30.3 Å². The van der Waals surface area contributed by atoms with Gasteiger partial charge in [0.05, 0.1) is 13.2 Å². The Morgan fingerprint density at radius 1 is 1.04 bits per heavy atom. The third kappa shape index (κ3) is 4.55. The van der Waals surface area contributed by atoms with Crippen molar-refractivity contribution in [1.29, 1.82) is 0 Å². The highest BCUT2D eigenvalue weighted by Crippen LogP contribution is 2.21. The monoisotopic (exact) mass is 321 g/mol. The smallest absolute Gasteiger partial charge is 0.344 e. The van der Waals surface area contributed by atoms with Crippen LogP contribution in [0.2, 0.25) is 0 Å². The first-order valence-electron chi connectivity index (χ1n) is 7.55. The van der Waals surface area contributed by atoms with Crippen LogP contribution in [0.15, 0.2) is 24.3 Å². The largest absolute Gasteiger partial charge is 0.464 e. The second-order valence-electron chi connectivity index (χ2n) is 5.13. The van der Waals surface area contributed by atoms with Crippen molar-refractivity contribution in [2.45, 2.75) is 39.7 Å². The molecule has 0 radical (unpaired) electrons. The molecular weight excluding hydrogens is 298 g/mol. The molecule has 0 bridgehead atoms. The summed E-state index contributed by atoms with van der Waals surface area (Å²) >= 11 is 0. The van der Waals surface area contributed by atoms with Gasteiger partial charge in [0, 0.05) is 13.3 Å². The Hall–Kier alpha value is -2.37. The molecule has 0 spiro atoms. The molecular formula is C17H23NO5. The zero-order chi connectivity index (χ0) is 17.5. The van der Waals surface area contributed by atoms with Crippen LogP contribution in [0.3, 0.4) is 0 Å². The second-order valence-corrected chi connectivity index (χ2v) is 5.13. The van der Waals surface area contributed by atoms with Gasteiger partial charge in [-0.25, -0.2) is 9.59 Å². The lowest BCUT2D eigenvalue weighted by Crippen LogP contribution is -2.62. The Bertz CT molecular complexity index is 564. The van der Waals surface area contributed by atoms with Crippen LogP contribution in [0.4, 0.5) is 0 Å². The van der Waals surface area contributed by atoms with Crippen molar-refractivity contribution < 1.29 is 23.9 Å². The average Bonchev–Trinajstić information content (AvgIpc) is 2.48. The van der Waals surface area contributed by atoms with Gasteiger partial charge in [0.25, 0.3) is 0 Å². The summed E-state index contributed by atoms with van der Waals surface area (Å²) in [4.78, 5) is 36.6. The van der Waals surface area contributed by atoms with Crippen molar-refractivity contribution >= 4 is 17.8 Å². The molecule has 0 aliphatic heterocycles. The van der Waals surface area contributed by atoms with Gasteiger partial charge in [-0.15, -0.1) is 0 Å². The topological polar surface area (TPSA) is 81.7 Å². The van der Waals surface area contributed by atoms with E-state index in [0.717, 1.165) is 11.1 Å². The lowest BCUT2D eigenvalue weighted by Gasteiger charge is -2.30. The number of aryl methyl sites for hydroxylation is 1. The molecule has 0 aliphatic carbocycles. The number of carbonyl (C=O) groups is 3. The summed E-state index contributed by atoms with van der Waals surface area (Å²) in [6, 6.07) is 7.32. The summed E-state index contributed by atoms with van der Waals surface area (Å²) in [6.07, 6.45) is -0.0308. The second kappa shape index (κ2) is 8.31. The van der Waals surface area contributed by atoms with Gasteiger partial charge in [0.1, 0.15) is 0 Å². The summed E-state index contributed by atoms with van der Waals surface area (Å²) < 4.78 is 10.1. The number of esters is 2. The quantitative estimate of drug-likeness (QED) is 0.608. The Morgan fingerprint density at radius 3 is 2.00 bits per heavy atom. The molecule has 0 saturated carbocycles. The van der Waals surface area contributed by atoms with Crippen molar-refractivity contribution in [2.75, 3.05) is 13.2 Å². The van der Waals surface area contributed by atoms with Crippen molar-refractivity contribution in [3.63, 3.8) is 0 Å². The van der Waals surface area contributed by atoms with Crippen LogP contribution in [0.1, 0.15) is 31.9 Å². The lowest BCUT2D eigenvalue weighted by atomic mass is 9.88. The molecule has 1 rings (SSSR count). The van der Waals surface area contributed by atoms with Crippen molar-refractivity contribution in [3.05, 3.63) is 35.4 Å². The van der Waals surface area contributed by atoms with Crippen LogP contribution in [0.25, 0.3) is 0 Å². The summed E-state index contributed by atoms with van der Waals surface area (Å²) in [5, 5.41) is 2.45. The van der Waals surface area contributed by atoms with Gasteiger partial charge in [-0.3, -0.25) is 4.79 Å². The molecule has 1 N–H and O–H groups in total. The molecule has 1 amide bonds. The van der Waals surface area contributed by atoms with Crippen LogP contribution in [0, 0.1) is 6.92 Å². The molecule has 6 heteroatoms. The maximum atomic E-state index is 12.5. The van der Waals surface area contributed by atoms with Gasteiger partial charge < -0.3 is 14.8 Å². The molecule has 0 aliphatic rings. The van der Waals surface area contributed by atoms with E-state index in [0.29, 0.717) is 0 Å². The standard InChI is InChI=1S/C17H23NO5/c1-5-22-15(20)17(18-13(4)19,16(21)23-6-2)11-14-10-8-7-9-12(14)3/h7-10H,5-6,11H2,1-4H3,(H,18,19). The molecule has 0 aromatic heterocycles. The molecule has 0 fully saturated rings. The molecule has 0 heterocycles. The van der Waals surface area contributed by atoms with Gasteiger partial charge in [-0.2, -0.15) is 0 Å². The Morgan fingerprint density at radius 2 is 1.57 bits per heavy atom. The van der Waals surface area contributed by atoms with Crippen molar-refractivity contribution in [2.24, 2.45) is 0 Å². The zero-order valence-corrected chi connectivity index (χ0v) is 14.0. The molecule has 1 aromatic rings. The zero-order valence-electron chi connectivity index (χ0n) is 14.0. The molecule has 0 unspecified atom stereocenters. The summed E-state index contributed by atoms with van der Waals surface area (Å²) in [5.74, 6) is -2.16. The maximum Gasteiger partial charge on any atom is 0.344 e. The Kier molecular flexibility index (Phi) is 6.75. The SMILES string of the molecule is CCOC(=O)C(Cc1ccccc1C)(NC(C)=O)C(=O)OCC. The number of hydrogen-bond acceptors (Lipinski definition) is 5. The van der Waals surface area contributed by atoms with Crippen LogP contribution >= 0.6 is 0 Å². The lowest BCUT2D eigenvalue weighted by molar-refractivity contribution is -0.168.